The van der Waals surface area contributed by atoms with E-state index >= 15 is 0 Å². The van der Waals surface area contributed by atoms with Crippen LogP contribution in [0.1, 0.15) is 77.2 Å². The number of amides is 3. The highest BCUT2D eigenvalue weighted by molar-refractivity contribution is 6.05. The summed E-state index contributed by atoms with van der Waals surface area (Å²) in [5, 5.41) is 15.9. The maximum atomic E-state index is 13.1. The molecule has 0 spiro atoms. The highest BCUT2D eigenvalue weighted by Gasteiger charge is 2.39. The van der Waals surface area contributed by atoms with E-state index in [9.17, 15) is 19.5 Å². The fourth-order valence-electron chi connectivity index (χ4n) is 7.92. The van der Waals surface area contributed by atoms with Crippen LogP contribution in [0.4, 0.5) is 5.69 Å². The van der Waals surface area contributed by atoms with E-state index < -0.39 is 11.9 Å². The minimum absolute atomic E-state index is 0.162. The topological polar surface area (TPSA) is 108 Å². The Morgan fingerprint density at radius 3 is 2.25 bits per heavy atom. The number of phenols is 1. The van der Waals surface area contributed by atoms with Crippen LogP contribution in [-0.2, 0) is 22.6 Å². The van der Waals surface area contributed by atoms with E-state index in [0.29, 0.717) is 25.1 Å². The van der Waals surface area contributed by atoms with Gasteiger partial charge >= 0.3 is 0 Å². The smallest absolute Gasteiger partial charge is 0.255 e. The second kappa shape index (κ2) is 15.5. The molecule has 5 aromatic carbocycles. The summed E-state index contributed by atoms with van der Waals surface area (Å²) in [5.74, 6) is 0.232. The van der Waals surface area contributed by atoms with Gasteiger partial charge in [-0.25, -0.2) is 0 Å². The maximum Gasteiger partial charge on any atom is 0.255 e. The maximum absolute atomic E-state index is 13.1. The zero-order chi connectivity index (χ0) is 37.9. The average molecular weight is 730 g/mol. The lowest BCUT2D eigenvalue weighted by atomic mass is 9.88. The summed E-state index contributed by atoms with van der Waals surface area (Å²) in [5.41, 5.74) is 12.8. The van der Waals surface area contributed by atoms with Gasteiger partial charge in [0.2, 0.25) is 11.8 Å². The molecule has 8 heteroatoms. The SMILES string of the molecule is CC/C(=C(\c1ccc(O)cc1)c1ccc(OCCC/C=C2/Cc3cc(-c4ccc5c(c4)CN(C4CCC(=O)NC4=O)C5=O)ccc3N2)cc1)c1ccccc1. The first-order chi connectivity index (χ1) is 26.8. The predicted molar refractivity (Wildman–Crippen MR) is 215 cm³/mol. The standard InChI is InChI=1S/C47H43N3O5/c1-2-40(30-8-4-3-5-9-30)45(31-11-17-38(51)18-12-31)32-13-19-39(20-14-32)55-25-7-6-10-37-28-35-26-34(16-22-42(35)48-37)33-15-21-41-36(27-33)29-50(47(41)54)43-23-24-44(52)49-46(43)53/h3-5,8-22,26-27,43,48,51H,2,6-7,23-25,28-29H2,1H3,(H,49,52,53)/b37-10-,45-40-. The van der Waals surface area contributed by atoms with Gasteiger partial charge in [0.05, 0.1) is 6.61 Å². The molecule has 0 aliphatic carbocycles. The van der Waals surface area contributed by atoms with Crippen LogP contribution in [0, 0.1) is 0 Å². The summed E-state index contributed by atoms with van der Waals surface area (Å²) in [7, 11) is 0. The number of aromatic hydroxyl groups is 1. The second-order valence-corrected chi connectivity index (χ2v) is 14.3. The van der Waals surface area contributed by atoms with Gasteiger partial charge in [-0.1, -0.05) is 79.7 Å². The van der Waals surface area contributed by atoms with E-state index in [4.69, 9.17) is 4.74 Å². The van der Waals surface area contributed by atoms with Gasteiger partial charge in [0, 0.05) is 36.3 Å². The number of fused-ring (bicyclic) bond motifs is 2. The number of benzene rings is 5. The quantitative estimate of drug-likeness (QED) is 0.0712. The van der Waals surface area contributed by atoms with Crippen LogP contribution in [0.5, 0.6) is 11.5 Å². The van der Waals surface area contributed by atoms with Gasteiger partial charge in [-0.15, -0.1) is 0 Å². The van der Waals surface area contributed by atoms with Gasteiger partial charge in [-0.3, -0.25) is 19.7 Å². The van der Waals surface area contributed by atoms with E-state index in [0.717, 1.165) is 70.5 Å². The van der Waals surface area contributed by atoms with Gasteiger partial charge < -0.3 is 20.1 Å². The van der Waals surface area contributed by atoms with Crippen LogP contribution in [0.3, 0.4) is 0 Å². The third-order valence-electron chi connectivity index (χ3n) is 10.7. The van der Waals surface area contributed by atoms with Crippen molar-refractivity contribution in [1.29, 1.82) is 0 Å². The molecule has 55 heavy (non-hydrogen) atoms. The predicted octanol–water partition coefficient (Wildman–Crippen LogP) is 8.90. The van der Waals surface area contributed by atoms with Crippen LogP contribution in [0.2, 0.25) is 0 Å². The number of carbonyl (C=O) groups is 3. The van der Waals surface area contributed by atoms with E-state index in [2.05, 4.69) is 78.2 Å². The molecule has 3 amide bonds. The molecular formula is C47H43N3O5. The number of allylic oxidation sites excluding steroid dienone is 3. The Morgan fingerprint density at radius 1 is 0.818 bits per heavy atom. The number of hydrogen-bond donors (Lipinski definition) is 3. The van der Waals surface area contributed by atoms with Gasteiger partial charge in [0.1, 0.15) is 17.5 Å². The van der Waals surface area contributed by atoms with Gasteiger partial charge in [0.25, 0.3) is 5.91 Å². The van der Waals surface area contributed by atoms with Crippen molar-refractivity contribution in [2.75, 3.05) is 11.9 Å². The summed E-state index contributed by atoms with van der Waals surface area (Å²) in [6, 6.07) is 37.8. The highest BCUT2D eigenvalue weighted by Crippen LogP contribution is 2.37. The molecule has 8 rings (SSSR count). The van der Waals surface area contributed by atoms with Crippen molar-refractivity contribution in [2.24, 2.45) is 0 Å². The van der Waals surface area contributed by atoms with Gasteiger partial charge in [-0.05, 0) is 124 Å². The zero-order valence-corrected chi connectivity index (χ0v) is 30.8. The summed E-state index contributed by atoms with van der Waals surface area (Å²) < 4.78 is 6.16. The molecule has 1 fully saturated rings. The minimum Gasteiger partial charge on any atom is -0.508 e. The third-order valence-corrected chi connectivity index (χ3v) is 10.7. The highest BCUT2D eigenvalue weighted by atomic mass is 16.5. The molecule has 3 N–H and O–H groups in total. The molecule has 0 saturated carbocycles. The molecule has 0 bridgehead atoms. The monoisotopic (exact) mass is 729 g/mol. The molecule has 3 aliphatic rings. The van der Waals surface area contributed by atoms with Crippen molar-refractivity contribution in [3.8, 4) is 22.6 Å². The molecule has 1 unspecified atom stereocenters. The molecule has 0 radical (unpaired) electrons. The Morgan fingerprint density at radius 2 is 1.53 bits per heavy atom. The lowest BCUT2D eigenvalue weighted by Gasteiger charge is -2.29. The van der Waals surface area contributed by atoms with Crippen molar-refractivity contribution < 1.29 is 24.2 Å². The first-order valence-electron chi connectivity index (χ1n) is 19.0. The van der Waals surface area contributed by atoms with E-state index in [1.807, 2.05) is 48.5 Å². The Labute approximate surface area is 321 Å². The molecule has 3 heterocycles. The molecule has 8 nitrogen and oxygen atoms in total. The second-order valence-electron chi connectivity index (χ2n) is 14.3. The van der Waals surface area contributed by atoms with Crippen LogP contribution in [0.25, 0.3) is 22.3 Å². The number of nitrogens with zero attached hydrogens (tertiary/aromatic N) is 1. The largest absolute Gasteiger partial charge is 0.508 e. The summed E-state index contributed by atoms with van der Waals surface area (Å²) in [4.78, 5) is 38.8. The Bertz CT molecular complexity index is 2330. The number of ether oxygens (including phenoxy) is 1. The van der Waals surface area contributed by atoms with Crippen LogP contribution in [-0.4, -0.2) is 40.4 Å². The first kappa shape index (κ1) is 35.6. The van der Waals surface area contributed by atoms with Gasteiger partial charge in [0.15, 0.2) is 0 Å². The Kier molecular flexibility index (Phi) is 10.0. The van der Waals surface area contributed by atoms with Crippen molar-refractivity contribution in [1.82, 2.24) is 10.2 Å². The summed E-state index contributed by atoms with van der Waals surface area (Å²) >= 11 is 0. The first-order valence-corrected chi connectivity index (χ1v) is 19.0. The molecule has 1 saturated heterocycles. The lowest BCUT2D eigenvalue weighted by Crippen LogP contribution is -2.52. The lowest BCUT2D eigenvalue weighted by molar-refractivity contribution is -0.136. The van der Waals surface area contributed by atoms with Crippen molar-refractivity contribution in [2.45, 2.75) is 58.0 Å². The molecule has 276 valence electrons. The minimum atomic E-state index is -0.621. The van der Waals surface area contributed by atoms with Crippen molar-refractivity contribution in [3.63, 3.8) is 0 Å². The normalized spacial score (nSPS) is 17.4. The number of imide groups is 1. The van der Waals surface area contributed by atoms with Gasteiger partial charge in [-0.2, -0.15) is 0 Å². The average Bonchev–Trinajstić information content (AvgIpc) is 3.77. The van der Waals surface area contributed by atoms with E-state index in [1.54, 1.807) is 17.0 Å². The van der Waals surface area contributed by atoms with E-state index in [1.165, 1.54) is 22.4 Å². The summed E-state index contributed by atoms with van der Waals surface area (Å²) in [6.07, 6.45) is 6.28. The molecule has 5 aromatic rings. The van der Waals surface area contributed by atoms with Crippen LogP contribution < -0.4 is 15.4 Å². The zero-order valence-electron chi connectivity index (χ0n) is 30.8. The number of anilines is 1. The number of piperidine rings is 1. The fourth-order valence-corrected chi connectivity index (χ4v) is 7.92. The fraction of sp³-hybridized carbons (Fsp3) is 0.213. The van der Waals surface area contributed by atoms with E-state index in [-0.39, 0.29) is 24.0 Å². The number of nitrogens with one attached hydrogen (secondary N) is 2. The summed E-state index contributed by atoms with van der Waals surface area (Å²) in [6.45, 7) is 3.14. The Hall–Kier alpha value is -6.41. The van der Waals surface area contributed by atoms with Crippen molar-refractivity contribution >= 4 is 34.6 Å². The molecule has 0 aromatic heterocycles. The number of rotatable bonds is 11. The number of hydrogen-bond acceptors (Lipinski definition) is 6. The Balaban J connectivity index is 0.869. The molecular weight excluding hydrogens is 687 g/mol. The molecule has 3 aliphatic heterocycles. The van der Waals surface area contributed by atoms with Crippen LogP contribution in [0.15, 0.2) is 127 Å². The van der Waals surface area contributed by atoms with Crippen LogP contribution >= 0.6 is 0 Å². The molecule has 1 atom stereocenters. The third kappa shape index (κ3) is 7.53. The number of carbonyl (C=O) groups excluding carboxylic acids is 3. The number of phenolic OH excluding ortho intramolecular Hbond substituents is 1. The number of unbranched alkanes of at least 4 members (excludes halogenated alkanes) is 1. The van der Waals surface area contributed by atoms with Crippen molar-refractivity contribution in [3.05, 3.63) is 160 Å².